The van der Waals surface area contributed by atoms with Gasteiger partial charge in [-0.3, -0.25) is 4.90 Å². The fourth-order valence-corrected chi connectivity index (χ4v) is 3.23. The summed E-state index contributed by atoms with van der Waals surface area (Å²) >= 11 is 2.06. The van der Waals surface area contributed by atoms with Crippen LogP contribution in [0.3, 0.4) is 0 Å². The third-order valence-corrected chi connectivity index (χ3v) is 4.48. The number of nitrogens with two attached hydrogens (primary N) is 1. The van der Waals surface area contributed by atoms with E-state index in [0.717, 1.165) is 31.3 Å². The molecule has 3 nitrogen and oxygen atoms in total. The van der Waals surface area contributed by atoms with Crippen LogP contribution in [0, 0.1) is 0 Å². The van der Waals surface area contributed by atoms with Gasteiger partial charge < -0.3 is 10.5 Å². The van der Waals surface area contributed by atoms with Gasteiger partial charge in [-0.2, -0.15) is 11.8 Å². The molecule has 0 radical (unpaired) electrons. The van der Waals surface area contributed by atoms with Crippen molar-refractivity contribution in [2.24, 2.45) is 5.73 Å². The quantitative estimate of drug-likeness (QED) is 0.799. The molecule has 0 bridgehead atoms. The van der Waals surface area contributed by atoms with Crippen molar-refractivity contribution >= 4 is 11.8 Å². The SMILES string of the molecule is COC(C)(C)CC(CN)N1CCSC(C)C1. The zero-order valence-corrected chi connectivity index (χ0v) is 11.8. The summed E-state index contributed by atoms with van der Waals surface area (Å²) in [6.07, 6.45) is 1.01. The molecular weight excluding hydrogens is 220 g/mol. The van der Waals surface area contributed by atoms with Crippen LogP contribution in [0.5, 0.6) is 0 Å². The van der Waals surface area contributed by atoms with Crippen molar-refractivity contribution in [3.05, 3.63) is 0 Å². The Morgan fingerprint density at radius 1 is 1.56 bits per heavy atom. The Balaban J connectivity index is 2.52. The second kappa shape index (κ2) is 6.24. The standard InChI is InChI=1S/C12H26N2OS/c1-10-9-14(5-6-16-10)11(8-13)7-12(2,3)15-4/h10-11H,5-9,13H2,1-4H3. The fraction of sp³-hybridized carbons (Fsp3) is 1.00. The lowest BCUT2D eigenvalue weighted by Gasteiger charge is -2.39. The molecule has 16 heavy (non-hydrogen) atoms. The number of methoxy groups -OCH3 is 1. The van der Waals surface area contributed by atoms with Gasteiger partial charge in [-0.1, -0.05) is 6.92 Å². The number of nitrogens with zero attached hydrogens (tertiary/aromatic N) is 1. The maximum absolute atomic E-state index is 5.91. The van der Waals surface area contributed by atoms with E-state index in [-0.39, 0.29) is 5.60 Å². The first kappa shape index (κ1) is 14.3. The molecule has 1 heterocycles. The maximum atomic E-state index is 5.91. The van der Waals surface area contributed by atoms with Gasteiger partial charge in [0.2, 0.25) is 0 Å². The van der Waals surface area contributed by atoms with E-state index >= 15 is 0 Å². The van der Waals surface area contributed by atoms with E-state index in [1.165, 1.54) is 5.75 Å². The molecule has 0 saturated carbocycles. The molecule has 0 aromatic heterocycles. The lowest BCUT2D eigenvalue weighted by Crippen LogP contribution is -2.50. The van der Waals surface area contributed by atoms with E-state index in [1.54, 1.807) is 7.11 Å². The predicted molar refractivity (Wildman–Crippen MR) is 72.0 cm³/mol. The van der Waals surface area contributed by atoms with Crippen LogP contribution in [0.1, 0.15) is 27.2 Å². The average molecular weight is 246 g/mol. The predicted octanol–water partition coefficient (Wildman–Crippen LogP) is 1.57. The van der Waals surface area contributed by atoms with Crippen LogP contribution in [0.4, 0.5) is 0 Å². The molecule has 0 aromatic carbocycles. The first-order chi connectivity index (χ1) is 7.48. The van der Waals surface area contributed by atoms with Crippen molar-refractivity contribution in [2.75, 3.05) is 32.5 Å². The molecule has 4 heteroatoms. The average Bonchev–Trinajstić information content (AvgIpc) is 2.26. The van der Waals surface area contributed by atoms with E-state index in [9.17, 15) is 0 Å². The molecule has 2 unspecified atom stereocenters. The summed E-state index contributed by atoms with van der Waals surface area (Å²) in [4.78, 5) is 2.53. The summed E-state index contributed by atoms with van der Waals surface area (Å²) < 4.78 is 5.50. The summed E-state index contributed by atoms with van der Waals surface area (Å²) in [6.45, 7) is 9.62. The zero-order valence-electron chi connectivity index (χ0n) is 11.0. The van der Waals surface area contributed by atoms with Crippen molar-refractivity contribution in [2.45, 2.75) is 44.1 Å². The van der Waals surface area contributed by atoms with Gasteiger partial charge in [0.15, 0.2) is 0 Å². The zero-order chi connectivity index (χ0) is 12.2. The summed E-state index contributed by atoms with van der Waals surface area (Å²) in [5.74, 6) is 1.23. The van der Waals surface area contributed by atoms with E-state index in [1.807, 2.05) is 0 Å². The highest BCUT2D eigenvalue weighted by atomic mass is 32.2. The van der Waals surface area contributed by atoms with Gasteiger partial charge in [0.25, 0.3) is 0 Å². The highest BCUT2D eigenvalue weighted by molar-refractivity contribution is 7.99. The molecule has 1 rings (SSSR count). The Hall–Kier alpha value is 0.230. The minimum Gasteiger partial charge on any atom is -0.379 e. The van der Waals surface area contributed by atoms with Crippen molar-refractivity contribution in [1.82, 2.24) is 4.90 Å². The highest BCUT2D eigenvalue weighted by Crippen LogP contribution is 2.24. The van der Waals surface area contributed by atoms with Crippen LogP contribution >= 0.6 is 11.8 Å². The molecule has 0 spiro atoms. The van der Waals surface area contributed by atoms with Crippen molar-refractivity contribution in [1.29, 1.82) is 0 Å². The number of hydrogen-bond donors (Lipinski definition) is 1. The van der Waals surface area contributed by atoms with Gasteiger partial charge in [0.05, 0.1) is 5.60 Å². The molecule has 2 atom stereocenters. The molecule has 2 N–H and O–H groups in total. The number of hydrogen-bond acceptors (Lipinski definition) is 4. The van der Waals surface area contributed by atoms with Crippen LogP contribution in [-0.4, -0.2) is 54.3 Å². The van der Waals surface area contributed by atoms with Gasteiger partial charge in [-0.15, -0.1) is 0 Å². The van der Waals surface area contributed by atoms with Crippen molar-refractivity contribution in [3.63, 3.8) is 0 Å². The number of ether oxygens (including phenoxy) is 1. The number of thioether (sulfide) groups is 1. The Morgan fingerprint density at radius 2 is 2.25 bits per heavy atom. The number of rotatable bonds is 5. The van der Waals surface area contributed by atoms with Crippen LogP contribution in [-0.2, 0) is 4.74 Å². The van der Waals surface area contributed by atoms with E-state index in [2.05, 4.69) is 37.4 Å². The summed E-state index contributed by atoms with van der Waals surface area (Å²) in [5.41, 5.74) is 5.84. The lowest BCUT2D eigenvalue weighted by molar-refractivity contribution is -0.00710. The first-order valence-electron chi connectivity index (χ1n) is 6.09. The third-order valence-electron chi connectivity index (χ3n) is 3.34. The Morgan fingerprint density at radius 3 is 2.75 bits per heavy atom. The second-order valence-electron chi connectivity index (χ2n) is 5.23. The molecule has 0 aromatic rings. The second-order valence-corrected chi connectivity index (χ2v) is 6.78. The highest BCUT2D eigenvalue weighted by Gasteiger charge is 2.28. The largest absolute Gasteiger partial charge is 0.379 e. The maximum Gasteiger partial charge on any atom is 0.0638 e. The van der Waals surface area contributed by atoms with E-state index in [0.29, 0.717) is 6.04 Å². The summed E-state index contributed by atoms with van der Waals surface area (Å²) in [7, 11) is 1.78. The normalized spacial score (nSPS) is 25.7. The molecule has 0 aliphatic carbocycles. The summed E-state index contributed by atoms with van der Waals surface area (Å²) in [5, 5.41) is 0.730. The molecule has 1 saturated heterocycles. The van der Waals surface area contributed by atoms with E-state index in [4.69, 9.17) is 10.5 Å². The lowest BCUT2D eigenvalue weighted by atomic mass is 9.97. The van der Waals surface area contributed by atoms with Crippen LogP contribution < -0.4 is 5.73 Å². The van der Waals surface area contributed by atoms with Gasteiger partial charge in [-0.05, 0) is 20.3 Å². The van der Waals surface area contributed by atoms with Crippen molar-refractivity contribution in [3.8, 4) is 0 Å². The summed E-state index contributed by atoms with van der Waals surface area (Å²) in [6, 6.07) is 0.457. The fourth-order valence-electron chi connectivity index (χ4n) is 2.19. The Bertz CT molecular complexity index is 211. The Kier molecular flexibility index (Phi) is 5.57. The molecule has 1 aliphatic heterocycles. The smallest absolute Gasteiger partial charge is 0.0638 e. The van der Waals surface area contributed by atoms with Crippen LogP contribution in [0.2, 0.25) is 0 Å². The van der Waals surface area contributed by atoms with Gasteiger partial charge in [0, 0.05) is 43.8 Å². The molecule has 1 fully saturated rings. The molecular formula is C12H26N2OS. The molecule has 96 valence electrons. The van der Waals surface area contributed by atoms with Crippen molar-refractivity contribution < 1.29 is 4.74 Å². The minimum atomic E-state index is -0.0716. The monoisotopic (exact) mass is 246 g/mol. The third kappa shape index (κ3) is 4.24. The minimum absolute atomic E-state index is 0.0716. The molecule has 1 aliphatic rings. The van der Waals surface area contributed by atoms with E-state index < -0.39 is 0 Å². The van der Waals surface area contributed by atoms with Gasteiger partial charge >= 0.3 is 0 Å². The Labute approximate surface area is 104 Å². The van der Waals surface area contributed by atoms with Crippen LogP contribution in [0.25, 0.3) is 0 Å². The topological polar surface area (TPSA) is 38.5 Å². The first-order valence-corrected chi connectivity index (χ1v) is 7.14. The van der Waals surface area contributed by atoms with Gasteiger partial charge in [0.1, 0.15) is 0 Å². The van der Waals surface area contributed by atoms with Crippen LogP contribution in [0.15, 0.2) is 0 Å². The molecule has 0 amide bonds. The van der Waals surface area contributed by atoms with Gasteiger partial charge in [-0.25, -0.2) is 0 Å².